The van der Waals surface area contributed by atoms with Crippen LogP contribution in [0.5, 0.6) is 5.75 Å². The Hall–Kier alpha value is -2.57. The van der Waals surface area contributed by atoms with Crippen molar-refractivity contribution in [3.63, 3.8) is 0 Å². The van der Waals surface area contributed by atoms with Crippen molar-refractivity contribution in [2.24, 2.45) is 0 Å². The van der Waals surface area contributed by atoms with E-state index in [1.54, 1.807) is 12.0 Å². The number of benzene rings is 1. The number of amides is 4. The first-order valence-electron chi connectivity index (χ1n) is 7.96. The molecular formula is C17H21N3O4. The molecule has 4 amide bonds. The molecule has 0 unspecified atom stereocenters. The molecule has 2 heterocycles. The number of carbonyl (C=O) groups excluding carboxylic acids is 3. The van der Waals surface area contributed by atoms with Gasteiger partial charge in [0.25, 0.3) is 5.91 Å². The molecule has 2 aliphatic rings. The van der Waals surface area contributed by atoms with E-state index in [9.17, 15) is 14.4 Å². The molecular weight excluding hydrogens is 310 g/mol. The lowest BCUT2D eigenvalue weighted by atomic mass is 9.87. The predicted octanol–water partition coefficient (Wildman–Crippen LogP) is 0.780. The minimum atomic E-state index is -0.835. The maximum atomic E-state index is 12.5. The summed E-state index contributed by atoms with van der Waals surface area (Å²) in [5, 5.41) is 2.78. The highest BCUT2D eigenvalue weighted by Crippen LogP contribution is 2.29. The van der Waals surface area contributed by atoms with Crippen LogP contribution in [0.4, 0.5) is 4.79 Å². The molecule has 0 atom stereocenters. The van der Waals surface area contributed by atoms with Gasteiger partial charge in [0, 0.05) is 20.1 Å². The Balaban J connectivity index is 1.61. The molecule has 0 aromatic heterocycles. The van der Waals surface area contributed by atoms with Gasteiger partial charge >= 0.3 is 6.03 Å². The third kappa shape index (κ3) is 2.81. The summed E-state index contributed by atoms with van der Waals surface area (Å²) in [6, 6.07) is 7.07. The van der Waals surface area contributed by atoms with Crippen LogP contribution in [0, 0.1) is 0 Å². The fourth-order valence-electron chi connectivity index (χ4n) is 3.30. The molecule has 0 bridgehead atoms. The standard InChI is InChI=1S/C17H21N3O4/c1-19-15(22)17(18-16(19)23)6-8-20(9-7-17)14(21)11-12-4-3-5-13(10-12)24-2/h3-5,10H,6-9,11H2,1-2H3,(H,18,23). The number of hydrogen-bond donors (Lipinski definition) is 1. The molecule has 3 rings (SSSR count). The molecule has 7 nitrogen and oxygen atoms in total. The highest BCUT2D eigenvalue weighted by Gasteiger charge is 2.51. The van der Waals surface area contributed by atoms with E-state index in [1.165, 1.54) is 7.05 Å². The SMILES string of the molecule is COc1cccc(CC(=O)N2CCC3(CC2)NC(=O)N(C)C3=O)c1. The number of rotatable bonds is 3. The highest BCUT2D eigenvalue weighted by atomic mass is 16.5. The van der Waals surface area contributed by atoms with E-state index in [4.69, 9.17) is 4.74 Å². The van der Waals surface area contributed by atoms with Gasteiger partial charge in [-0.3, -0.25) is 14.5 Å². The molecule has 2 aliphatic heterocycles. The first-order valence-corrected chi connectivity index (χ1v) is 7.96. The van der Waals surface area contributed by atoms with Crippen molar-refractivity contribution >= 4 is 17.8 Å². The molecule has 0 saturated carbocycles. The number of nitrogens with one attached hydrogen (secondary N) is 1. The first-order chi connectivity index (χ1) is 11.4. The lowest BCUT2D eigenvalue weighted by Gasteiger charge is -2.37. The van der Waals surface area contributed by atoms with Gasteiger partial charge in [0.05, 0.1) is 13.5 Å². The smallest absolute Gasteiger partial charge is 0.324 e. The summed E-state index contributed by atoms with van der Waals surface area (Å²) in [4.78, 5) is 39.3. The lowest BCUT2D eigenvalue weighted by molar-refractivity contribution is -0.137. The van der Waals surface area contributed by atoms with Gasteiger partial charge in [-0.2, -0.15) is 0 Å². The van der Waals surface area contributed by atoms with E-state index in [-0.39, 0.29) is 17.8 Å². The van der Waals surface area contributed by atoms with Crippen LogP contribution in [0.1, 0.15) is 18.4 Å². The molecule has 7 heteroatoms. The van der Waals surface area contributed by atoms with E-state index < -0.39 is 5.54 Å². The largest absolute Gasteiger partial charge is 0.497 e. The predicted molar refractivity (Wildman–Crippen MR) is 86.5 cm³/mol. The van der Waals surface area contributed by atoms with Crippen LogP contribution in [0.3, 0.4) is 0 Å². The Morgan fingerprint density at radius 3 is 2.58 bits per heavy atom. The molecule has 0 radical (unpaired) electrons. The number of ether oxygens (including phenoxy) is 1. The average Bonchev–Trinajstić information content (AvgIpc) is 2.79. The van der Waals surface area contributed by atoms with Crippen LogP contribution in [0.15, 0.2) is 24.3 Å². The maximum Gasteiger partial charge on any atom is 0.324 e. The molecule has 2 saturated heterocycles. The quantitative estimate of drug-likeness (QED) is 0.830. The van der Waals surface area contributed by atoms with Gasteiger partial charge in [0.15, 0.2) is 0 Å². The molecule has 1 aromatic rings. The molecule has 1 N–H and O–H groups in total. The van der Waals surface area contributed by atoms with E-state index in [0.717, 1.165) is 16.2 Å². The van der Waals surface area contributed by atoms with Crippen LogP contribution in [0.25, 0.3) is 0 Å². The zero-order valence-electron chi connectivity index (χ0n) is 13.9. The van der Waals surface area contributed by atoms with Crippen LogP contribution < -0.4 is 10.1 Å². The number of imide groups is 1. The minimum absolute atomic E-state index is 0.0169. The van der Waals surface area contributed by atoms with Crippen molar-refractivity contribution in [3.8, 4) is 5.75 Å². The van der Waals surface area contributed by atoms with Crippen molar-refractivity contribution in [2.75, 3.05) is 27.2 Å². The van der Waals surface area contributed by atoms with Crippen LogP contribution in [-0.2, 0) is 16.0 Å². The second-order valence-electron chi connectivity index (χ2n) is 6.29. The summed E-state index contributed by atoms with van der Waals surface area (Å²) >= 11 is 0. The van der Waals surface area contributed by atoms with Crippen molar-refractivity contribution in [1.29, 1.82) is 0 Å². The molecule has 2 fully saturated rings. The maximum absolute atomic E-state index is 12.5. The number of hydrogen-bond acceptors (Lipinski definition) is 4. The number of urea groups is 1. The number of carbonyl (C=O) groups is 3. The van der Waals surface area contributed by atoms with Crippen LogP contribution in [0.2, 0.25) is 0 Å². The first kappa shape index (κ1) is 16.3. The third-order valence-electron chi connectivity index (χ3n) is 4.82. The van der Waals surface area contributed by atoms with Crippen molar-refractivity contribution in [3.05, 3.63) is 29.8 Å². The van der Waals surface area contributed by atoms with E-state index >= 15 is 0 Å². The minimum Gasteiger partial charge on any atom is -0.497 e. The van der Waals surface area contributed by atoms with Crippen LogP contribution >= 0.6 is 0 Å². The Morgan fingerprint density at radius 1 is 1.29 bits per heavy atom. The topological polar surface area (TPSA) is 79.0 Å². The van der Waals surface area contributed by atoms with Gasteiger partial charge in [-0.25, -0.2) is 4.79 Å². The van der Waals surface area contributed by atoms with Gasteiger partial charge in [-0.15, -0.1) is 0 Å². The second kappa shape index (κ2) is 6.14. The fourth-order valence-corrected chi connectivity index (χ4v) is 3.30. The summed E-state index contributed by atoms with van der Waals surface area (Å²) in [7, 11) is 3.07. The van der Waals surface area contributed by atoms with Gasteiger partial charge in [0.2, 0.25) is 5.91 Å². The monoisotopic (exact) mass is 331 g/mol. The Kier molecular flexibility index (Phi) is 4.17. The molecule has 1 spiro atoms. The number of likely N-dealkylation sites (tertiary alicyclic amines) is 1. The Bertz CT molecular complexity index is 680. The lowest BCUT2D eigenvalue weighted by Crippen LogP contribution is -2.56. The number of likely N-dealkylation sites (N-methyl/N-ethyl adjacent to an activating group) is 1. The highest BCUT2D eigenvalue weighted by molar-refractivity contribution is 6.06. The molecule has 24 heavy (non-hydrogen) atoms. The zero-order valence-corrected chi connectivity index (χ0v) is 13.9. The number of methoxy groups -OCH3 is 1. The summed E-state index contributed by atoms with van der Waals surface area (Å²) in [5.41, 5.74) is 0.0584. The zero-order chi connectivity index (χ0) is 17.3. The summed E-state index contributed by atoms with van der Waals surface area (Å²) < 4.78 is 5.17. The van der Waals surface area contributed by atoms with Crippen molar-refractivity contribution in [1.82, 2.24) is 15.1 Å². The van der Waals surface area contributed by atoms with E-state index in [0.29, 0.717) is 32.4 Å². The summed E-state index contributed by atoms with van der Waals surface area (Å²) in [5.74, 6) is 0.538. The van der Waals surface area contributed by atoms with E-state index in [2.05, 4.69) is 5.32 Å². The van der Waals surface area contributed by atoms with Gasteiger partial charge in [-0.1, -0.05) is 12.1 Å². The summed E-state index contributed by atoms with van der Waals surface area (Å²) in [6.45, 7) is 0.922. The fraction of sp³-hybridized carbons (Fsp3) is 0.471. The summed E-state index contributed by atoms with van der Waals surface area (Å²) in [6.07, 6.45) is 1.20. The van der Waals surface area contributed by atoms with E-state index in [1.807, 2.05) is 24.3 Å². The number of piperidine rings is 1. The molecule has 0 aliphatic carbocycles. The number of nitrogens with zero attached hydrogens (tertiary/aromatic N) is 2. The van der Waals surface area contributed by atoms with Gasteiger partial charge < -0.3 is 15.0 Å². The Labute approximate surface area is 140 Å². The normalized spacial score (nSPS) is 19.6. The van der Waals surface area contributed by atoms with Gasteiger partial charge in [0.1, 0.15) is 11.3 Å². The Morgan fingerprint density at radius 2 is 2.00 bits per heavy atom. The van der Waals surface area contributed by atoms with Crippen molar-refractivity contribution < 1.29 is 19.1 Å². The third-order valence-corrected chi connectivity index (χ3v) is 4.82. The van der Waals surface area contributed by atoms with Crippen molar-refractivity contribution in [2.45, 2.75) is 24.8 Å². The van der Waals surface area contributed by atoms with Gasteiger partial charge in [-0.05, 0) is 30.5 Å². The molecule has 128 valence electrons. The average molecular weight is 331 g/mol. The molecule has 1 aromatic carbocycles. The van der Waals surface area contributed by atoms with Crippen LogP contribution in [-0.4, -0.2) is 60.4 Å². The second-order valence-corrected chi connectivity index (χ2v) is 6.29.